The summed E-state index contributed by atoms with van der Waals surface area (Å²) in [6, 6.07) is -0.979. The molecule has 0 aliphatic heterocycles. The number of carboxylic acids is 1. The summed E-state index contributed by atoms with van der Waals surface area (Å²) in [5, 5.41) is 8.22. The molecule has 5 N–H and O–H groups in total. The second kappa shape index (κ2) is 6.53. The number of hydrogen-bond donors (Lipinski definition) is 3. The summed E-state index contributed by atoms with van der Waals surface area (Å²) in [7, 11) is 0. The van der Waals surface area contributed by atoms with Crippen LogP contribution in [0, 0.1) is 0 Å². The SMILES string of the molecule is NC(=O)CC[C@H](N)C(=O)O.[PbH2]. The molecule has 0 saturated carbocycles. The molecule has 0 saturated heterocycles. The standard InChI is InChI=1S/C5H10N2O3.Pb.2H/c6-3(5(9)10)1-2-4(7)8;;;/h3H,1-2,6H2,(H2,7,8)(H,9,10);;;/t3-;;;/m0.../s1. The van der Waals surface area contributed by atoms with Gasteiger partial charge in [0.15, 0.2) is 0 Å². The first-order valence-electron chi connectivity index (χ1n) is 2.80. The third-order valence-electron chi connectivity index (χ3n) is 1.02. The molecule has 2 radical (unpaired) electrons. The van der Waals surface area contributed by atoms with Crippen LogP contribution in [0.3, 0.4) is 0 Å². The van der Waals surface area contributed by atoms with Crippen molar-refractivity contribution in [1.82, 2.24) is 0 Å². The Balaban J connectivity index is 0. The van der Waals surface area contributed by atoms with E-state index in [9.17, 15) is 9.59 Å². The van der Waals surface area contributed by atoms with Crippen molar-refractivity contribution in [1.29, 1.82) is 0 Å². The van der Waals surface area contributed by atoms with E-state index in [-0.39, 0.29) is 40.1 Å². The molecule has 0 fully saturated rings. The van der Waals surface area contributed by atoms with E-state index in [0.29, 0.717) is 0 Å². The Morgan fingerprint density at radius 2 is 1.91 bits per heavy atom. The quantitative estimate of drug-likeness (QED) is 0.495. The number of carbonyl (C=O) groups excluding carboxylic acids is 1. The van der Waals surface area contributed by atoms with Gasteiger partial charge in [0.1, 0.15) is 6.04 Å². The Labute approximate surface area is 84.3 Å². The fourth-order valence-electron chi connectivity index (χ4n) is 0.421. The third-order valence-corrected chi connectivity index (χ3v) is 1.02. The van der Waals surface area contributed by atoms with Crippen LogP contribution in [0.4, 0.5) is 0 Å². The summed E-state index contributed by atoms with van der Waals surface area (Å²) in [5.41, 5.74) is 9.81. The summed E-state index contributed by atoms with van der Waals surface area (Å²) in [4.78, 5) is 20.1. The molecule has 1 amide bonds. The van der Waals surface area contributed by atoms with Crippen LogP contribution in [0.1, 0.15) is 12.8 Å². The molecule has 0 rings (SSSR count). The Bertz CT molecular complexity index is 151. The molecule has 0 unspecified atom stereocenters. The first-order valence-corrected chi connectivity index (χ1v) is 2.80. The van der Waals surface area contributed by atoms with E-state index in [1.54, 1.807) is 0 Å². The maximum absolute atomic E-state index is 10.1. The monoisotopic (exact) mass is 356 g/mol. The van der Waals surface area contributed by atoms with Gasteiger partial charge < -0.3 is 16.6 Å². The van der Waals surface area contributed by atoms with Crippen molar-refractivity contribution in [2.24, 2.45) is 11.5 Å². The number of hydrogen-bond acceptors (Lipinski definition) is 3. The Morgan fingerprint density at radius 3 is 2.18 bits per heavy atom. The van der Waals surface area contributed by atoms with E-state index < -0.39 is 17.9 Å². The molecular formula is C5H12N2O3Pb. The molecule has 0 spiro atoms. The van der Waals surface area contributed by atoms with Gasteiger partial charge in [-0.25, -0.2) is 0 Å². The predicted molar refractivity (Wildman–Crippen MR) is 42.6 cm³/mol. The topological polar surface area (TPSA) is 106 Å². The summed E-state index contributed by atoms with van der Waals surface area (Å²) in [5.74, 6) is -1.64. The van der Waals surface area contributed by atoms with E-state index in [0.717, 1.165) is 0 Å². The molecule has 6 heteroatoms. The molecule has 64 valence electrons. The summed E-state index contributed by atoms with van der Waals surface area (Å²) in [6.45, 7) is 0. The first-order chi connectivity index (χ1) is 4.54. The Morgan fingerprint density at radius 1 is 1.45 bits per heavy atom. The third kappa shape index (κ3) is 7.72. The van der Waals surface area contributed by atoms with Crippen molar-refractivity contribution >= 4 is 39.2 Å². The zero-order valence-electron chi connectivity index (χ0n) is 6.12. The number of rotatable bonds is 4. The summed E-state index contributed by atoms with van der Waals surface area (Å²) < 4.78 is 0. The van der Waals surface area contributed by atoms with E-state index in [4.69, 9.17) is 16.6 Å². The van der Waals surface area contributed by atoms with Crippen molar-refractivity contribution in [2.75, 3.05) is 0 Å². The normalized spacial score (nSPS) is 11.4. The Kier molecular flexibility index (Phi) is 7.96. The number of primary amides is 1. The van der Waals surface area contributed by atoms with Gasteiger partial charge in [-0.15, -0.1) is 0 Å². The van der Waals surface area contributed by atoms with E-state index in [2.05, 4.69) is 0 Å². The molecule has 0 aromatic rings. The van der Waals surface area contributed by atoms with Gasteiger partial charge in [0.25, 0.3) is 0 Å². The van der Waals surface area contributed by atoms with Crippen molar-refractivity contribution in [3.8, 4) is 0 Å². The van der Waals surface area contributed by atoms with Crippen molar-refractivity contribution < 1.29 is 14.7 Å². The molecule has 0 bridgehead atoms. The fourth-order valence-corrected chi connectivity index (χ4v) is 0.421. The number of carbonyl (C=O) groups is 2. The van der Waals surface area contributed by atoms with Gasteiger partial charge in [-0.2, -0.15) is 0 Å². The molecular weight excluding hydrogens is 343 g/mol. The van der Waals surface area contributed by atoms with Gasteiger partial charge in [0, 0.05) is 6.42 Å². The van der Waals surface area contributed by atoms with Crippen LogP contribution in [-0.2, 0) is 9.59 Å². The van der Waals surface area contributed by atoms with E-state index in [1.165, 1.54) is 0 Å². The van der Waals surface area contributed by atoms with Crippen molar-refractivity contribution in [2.45, 2.75) is 18.9 Å². The number of aliphatic carboxylic acids is 1. The molecule has 0 aromatic carbocycles. The van der Waals surface area contributed by atoms with Gasteiger partial charge in [0.05, 0.1) is 0 Å². The predicted octanol–water partition coefficient (Wildman–Crippen LogP) is -2.25. The maximum atomic E-state index is 10.1. The van der Waals surface area contributed by atoms with Gasteiger partial charge in [-0.3, -0.25) is 9.59 Å². The average Bonchev–Trinajstić information content (AvgIpc) is 1.82. The fraction of sp³-hybridized carbons (Fsp3) is 0.600. The van der Waals surface area contributed by atoms with Crippen LogP contribution in [0.15, 0.2) is 0 Å². The summed E-state index contributed by atoms with van der Waals surface area (Å²) in [6.07, 6.45) is 0.123. The van der Waals surface area contributed by atoms with E-state index in [1.807, 2.05) is 0 Å². The number of amides is 1. The van der Waals surface area contributed by atoms with Crippen molar-refractivity contribution in [3.05, 3.63) is 0 Å². The second-order valence-electron chi connectivity index (χ2n) is 1.95. The first kappa shape index (κ1) is 13.4. The van der Waals surface area contributed by atoms with E-state index >= 15 is 0 Å². The van der Waals surface area contributed by atoms with Crippen LogP contribution in [0.2, 0.25) is 0 Å². The summed E-state index contributed by atoms with van der Waals surface area (Å²) >= 11 is 0. The van der Waals surface area contributed by atoms with Crippen LogP contribution in [0.5, 0.6) is 0 Å². The molecule has 1 atom stereocenters. The molecule has 5 nitrogen and oxygen atoms in total. The van der Waals surface area contributed by atoms with Crippen molar-refractivity contribution in [3.63, 3.8) is 0 Å². The second-order valence-corrected chi connectivity index (χ2v) is 1.95. The number of carboxylic acid groups (broad SMARTS) is 1. The zero-order chi connectivity index (χ0) is 8.15. The molecule has 11 heavy (non-hydrogen) atoms. The minimum absolute atomic E-state index is 0. The van der Waals surface area contributed by atoms with Crippen LogP contribution in [0.25, 0.3) is 0 Å². The molecule has 0 aliphatic rings. The minimum atomic E-state index is -1.11. The zero-order valence-corrected chi connectivity index (χ0v) is 11.6. The van der Waals surface area contributed by atoms with Gasteiger partial charge >= 0.3 is 33.3 Å². The molecule has 0 heterocycles. The number of nitrogens with two attached hydrogens (primary N) is 2. The van der Waals surface area contributed by atoms with Crippen LogP contribution >= 0.6 is 0 Å². The molecule has 0 aromatic heterocycles. The average molecular weight is 355 g/mol. The molecule has 0 aliphatic carbocycles. The van der Waals surface area contributed by atoms with Gasteiger partial charge in [-0.05, 0) is 6.42 Å². The van der Waals surface area contributed by atoms with Crippen LogP contribution in [-0.4, -0.2) is 50.3 Å². The van der Waals surface area contributed by atoms with Crippen LogP contribution < -0.4 is 11.5 Å². The van der Waals surface area contributed by atoms with Gasteiger partial charge in [0.2, 0.25) is 5.91 Å². The van der Waals surface area contributed by atoms with Gasteiger partial charge in [-0.1, -0.05) is 0 Å². The Hall–Kier alpha value is -0.178.